The van der Waals surface area contributed by atoms with Crippen molar-refractivity contribution in [2.45, 2.75) is 12.5 Å². The van der Waals surface area contributed by atoms with Crippen LogP contribution in [0.3, 0.4) is 0 Å². The van der Waals surface area contributed by atoms with E-state index in [1.54, 1.807) is 25.3 Å². The average molecular weight is 277 g/mol. The normalized spacial score (nSPS) is 12.2. The first-order valence-electron chi connectivity index (χ1n) is 5.04. The fourth-order valence-electron chi connectivity index (χ4n) is 1.46. The number of nitrogens with one attached hydrogen (secondary N) is 1. The van der Waals surface area contributed by atoms with Gasteiger partial charge in [-0.1, -0.05) is 29.3 Å². The number of benzene rings is 1. The van der Waals surface area contributed by atoms with E-state index in [0.717, 1.165) is 5.56 Å². The Morgan fingerprint density at radius 2 is 2.18 bits per heavy atom. The molecule has 0 aliphatic heterocycles. The molecule has 94 valence electrons. The Balaban J connectivity index is 2.86. The fraction of sp³-hybridized carbons (Fsp3) is 0.364. The second-order valence-corrected chi connectivity index (χ2v) is 4.33. The highest BCUT2D eigenvalue weighted by molar-refractivity contribution is 6.42. The van der Waals surface area contributed by atoms with Gasteiger partial charge in [-0.2, -0.15) is 0 Å². The lowest BCUT2D eigenvalue weighted by atomic mass is 10.0. The molecule has 1 aromatic rings. The van der Waals surface area contributed by atoms with Gasteiger partial charge < -0.3 is 15.8 Å². The molecule has 2 amide bonds. The van der Waals surface area contributed by atoms with Gasteiger partial charge >= 0.3 is 6.03 Å². The van der Waals surface area contributed by atoms with E-state index in [9.17, 15) is 4.79 Å². The van der Waals surface area contributed by atoms with Gasteiger partial charge in [-0.05, 0) is 24.1 Å². The van der Waals surface area contributed by atoms with Crippen LogP contribution in [-0.2, 0) is 4.74 Å². The standard InChI is InChI=1S/C11H14Cl2N2O2/c1-17-5-4-10(15-11(14)16)7-2-3-8(12)9(13)6-7/h2-3,6,10H,4-5H2,1H3,(H3,14,15,16)/t10-/m0/s1. The van der Waals surface area contributed by atoms with Crippen LogP contribution in [-0.4, -0.2) is 19.7 Å². The second-order valence-electron chi connectivity index (χ2n) is 3.52. The van der Waals surface area contributed by atoms with Gasteiger partial charge in [-0.15, -0.1) is 0 Å². The highest BCUT2D eigenvalue weighted by atomic mass is 35.5. The van der Waals surface area contributed by atoms with Crippen LogP contribution in [0.5, 0.6) is 0 Å². The Labute approximate surface area is 110 Å². The van der Waals surface area contributed by atoms with Crippen LogP contribution in [0.4, 0.5) is 4.79 Å². The van der Waals surface area contributed by atoms with Crippen LogP contribution in [0.25, 0.3) is 0 Å². The number of urea groups is 1. The van der Waals surface area contributed by atoms with E-state index in [4.69, 9.17) is 33.7 Å². The zero-order valence-corrected chi connectivity index (χ0v) is 10.9. The molecule has 0 fully saturated rings. The van der Waals surface area contributed by atoms with Gasteiger partial charge in [0.15, 0.2) is 0 Å². The predicted octanol–water partition coefficient (Wildman–Crippen LogP) is 2.74. The van der Waals surface area contributed by atoms with Crippen LogP contribution >= 0.6 is 23.2 Å². The molecule has 1 atom stereocenters. The molecule has 0 heterocycles. The van der Waals surface area contributed by atoms with Crippen LogP contribution in [0.2, 0.25) is 10.0 Å². The molecule has 0 saturated heterocycles. The number of carbonyl (C=O) groups is 1. The molecule has 0 aliphatic rings. The molecule has 17 heavy (non-hydrogen) atoms. The number of amides is 2. The molecule has 3 N–H and O–H groups in total. The summed E-state index contributed by atoms with van der Waals surface area (Å²) in [6, 6.07) is 4.37. The highest BCUT2D eigenvalue weighted by Gasteiger charge is 2.14. The Morgan fingerprint density at radius 1 is 1.47 bits per heavy atom. The molecule has 1 rings (SSSR count). The lowest BCUT2D eigenvalue weighted by Gasteiger charge is -2.18. The van der Waals surface area contributed by atoms with E-state index >= 15 is 0 Å². The third-order valence-electron chi connectivity index (χ3n) is 2.27. The number of rotatable bonds is 5. The molecular weight excluding hydrogens is 263 g/mol. The first-order valence-corrected chi connectivity index (χ1v) is 5.80. The molecule has 0 spiro atoms. The fourth-order valence-corrected chi connectivity index (χ4v) is 1.77. The summed E-state index contributed by atoms with van der Waals surface area (Å²) in [7, 11) is 1.59. The first kappa shape index (κ1) is 14.1. The number of primary amides is 1. The van der Waals surface area contributed by atoms with Crippen molar-refractivity contribution in [2.24, 2.45) is 5.73 Å². The minimum atomic E-state index is -0.586. The van der Waals surface area contributed by atoms with E-state index in [0.29, 0.717) is 23.1 Å². The van der Waals surface area contributed by atoms with Crippen LogP contribution in [0.15, 0.2) is 18.2 Å². The zero-order chi connectivity index (χ0) is 12.8. The maximum Gasteiger partial charge on any atom is 0.312 e. The van der Waals surface area contributed by atoms with Crippen LogP contribution in [0.1, 0.15) is 18.0 Å². The van der Waals surface area contributed by atoms with Gasteiger partial charge in [-0.3, -0.25) is 0 Å². The lowest BCUT2D eigenvalue weighted by Crippen LogP contribution is -2.33. The highest BCUT2D eigenvalue weighted by Crippen LogP contribution is 2.26. The molecule has 0 saturated carbocycles. The summed E-state index contributed by atoms with van der Waals surface area (Å²) in [5, 5.41) is 3.55. The maximum atomic E-state index is 10.9. The van der Waals surface area contributed by atoms with Gasteiger partial charge in [0.1, 0.15) is 0 Å². The maximum absolute atomic E-state index is 10.9. The average Bonchev–Trinajstić information content (AvgIpc) is 2.27. The van der Waals surface area contributed by atoms with E-state index in [-0.39, 0.29) is 6.04 Å². The smallest absolute Gasteiger partial charge is 0.312 e. The number of ether oxygens (including phenoxy) is 1. The first-order chi connectivity index (χ1) is 8.04. The van der Waals surface area contributed by atoms with Crippen molar-refractivity contribution in [1.82, 2.24) is 5.32 Å². The van der Waals surface area contributed by atoms with Gasteiger partial charge in [0.2, 0.25) is 0 Å². The van der Waals surface area contributed by atoms with Crippen molar-refractivity contribution in [3.63, 3.8) is 0 Å². The molecule has 6 heteroatoms. The summed E-state index contributed by atoms with van der Waals surface area (Å²) < 4.78 is 4.98. The van der Waals surface area contributed by atoms with Crippen LogP contribution in [0, 0.1) is 0 Å². The van der Waals surface area contributed by atoms with Crippen LogP contribution < -0.4 is 11.1 Å². The Hall–Kier alpha value is -0.970. The zero-order valence-electron chi connectivity index (χ0n) is 9.37. The Kier molecular flexibility index (Phi) is 5.55. The molecule has 0 aromatic heterocycles. The molecular formula is C11H14Cl2N2O2. The third kappa shape index (κ3) is 4.42. The minimum Gasteiger partial charge on any atom is -0.385 e. The lowest BCUT2D eigenvalue weighted by molar-refractivity contribution is 0.182. The molecule has 0 bridgehead atoms. The summed E-state index contributed by atoms with van der Waals surface area (Å²) in [6.45, 7) is 0.505. The van der Waals surface area contributed by atoms with E-state index in [2.05, 4.69) is 5.32 Å². The number of hydrogen-bond acceptors (Lipinski definition) is 2. The summed E-state index contributed by atoms with van der Waals surface area (Å²) in [6.07, 6.45) is 0.609. The predicted molar refractivity (Wildman–Crippen MR) is 68.4 cm³/mol. The third-order valence-corrected chi connectivity index (χ3v) is 3.01. The van der Waals surface area contributed by atoms with Crippen molar-refractivity contribution in [2.75, 3.05) is 13.7 Å². The monoisotopic (exact) mass is 276 g/mol. The minimum absolute atomic E-state index is 0.234. The van der Waals surface area contributed by atoms with Crippen molar-refractivity contribution in [3.8, 4) is 0 Å². The van der Waals surface area contributed by atoms with E-state index in [1.165, 1.54) is 0 Å². The van der Waals surface area contributed by atoms with E-state index in [1.807, 2.05) is 0 Å². The van der Waals surface area contributed by atoms with Gasteiger partial charge in [-0.25, -0.2) is 4.79 Å². The van der Waals surface area contributed by atoms with Gasteiger partial charge in [0.05, 0.1) is 16.1 Å². The molecule has 4 nitrogen and oxygen atoms in total. The van der Waals surface area contributed by atoms with E-state index < -0.39 is 6.03 Å². The largest absolute Gasteiger partial charge is 0.385 e. The van der Waals surface area contributed by atoms with Crippen molar-refractivity contribution in [3.05, 3.63) is 33.8 Å². The summed E-state index contributed by atoms with van der Waals surface area (Å²) >= 11 is 11.7. The van der Waals surface area contributed by atoms with Gasteiger partial charge in [0, 0.05) is 13.7 Å². The van der Waals surface area contributed by atoms with Crippen molar-refractivity contribution >= 4 is 29.2 Å². The molecule has 0 unspecified atom stereocenters. The number of methoxy groups -OCH3 is 1. The topological polar surface area (TPSA) is 64.3 Å². The Morgan fingerprint density at radius 3 is 2.71 bits per heavy atom. The van der Waals surface area contributed by atoms with Crippen molar-refractivity contribution < 1.29 is 9.53 Å². The van der Waals surface area contributed by atoms with Crippen molar-refractivity contribution in [1.29, 1.82) is 0 Å². The van der Waals surface area contributed by atoms with Gasteiger partial charge in [0.25, 0.3) is 0 Å². The number of halogens is 2. The summed E-state index contributed by atoms with van der Waals surface area (Å²) in [5.41, 5.74) is 5.96. The number of hydrogen-bond donors (Lipinski definition) is 2. The Bertz CT molecular complexity index is 399. The number of carbonyl (C=O) groups excluding carboxylic acids is 1. The number of nitrogens with two attached hydrogens (primary N) is 1. The summed E-state index contributed by atoms with van der Waals surface area (Å²) in [4.78, 5) is 10.9. The summed E-state index contributed by atoms with van der Waals surface area (Å²) in [5.74, 6) is 0. The quantitative estimate of drug-likeness (QED) is 0.869. The molecule has 0 radical (unpaired) electrons. The molecule has 0 aliphatic carbocycles. The second kappa shape index (κ2) is 6.69. The molecule has 1 aromatic carbocycles. The SMILES string of the molecule is COCC[C@H](NC(N)=O)c1ccc(Cl)c(Cl)c1.